The highest BCUT2D eigenvalue weighted by molar-refractivity contribution is 7.45. The highest BCUT2D eigenvalue weighted by Crippen LogP contribution is 2.38. The number of hydrogen-bond acceptors (Lipinski definition) is 6. The van der Waals surface area contributed by atoms with E-state index in [-0.39, 0.29) is 12.5 Å². The fourth-order valence-electron chi connectivity index (χ4n) is 11.7. The molecule has 0 aliphatic carbocycles. The van der Waals surface area contributed by atoms with Crippen molar-refractivity contribution >= 4 is 13.7 Å². The fraction of sp³-hybridized carbons (Fsp3) is 0.908. The molecule has 0 fully saturated rings. The van der Waals surface area contributed by atoms with Crippen LogP contribution in [0.3, 0.4) is 0 Å². The van der Waals surface area contributed by atoms with Crippen LogP contribution in [0, 0.1) is 0 Å². The lowest BCUT2D eigenvalue weighted by atomic mass is 10.0. The van der Waals surface area contributed by atoms with Crippen LogP contribution >= 0.6 is 7.82 Å². The van der Waals surface area contributed by atoms with Crippen LogP contribution in [0.1, 0.15) is 393 Å². The predicted octanol–water partition coefficient (Wildman–Crippen LogP) is 23.8. The molecule has 3 unspecified atom stereocenters. The molecule has 0 aliphatic rings. The SMILES string of the molecule is CCCCCCCCCCCCCCCC/C=C/CC/C=C/CC/C=C/C(O)C(COP(=O)([O-])OCC[N+](C)(C)C)NC(=O)CCCCCCCCCCCCCCCCCCCCCCCCCCCCCCCCCCCCCCCCC. The van der Waals surface area contributed by atoms with Gasteiger partial charge in [0, 0.05) is 6.42 Å². The maximum Gasteiger partial charge on any atom is 0.268 e. The van der Waals surface area contributed by atoms with E-state index in [4.69, 9.17) is 9.05 Å². The standard InChI is InChI=1S/C76H149N2O6P/c1-6-8-10-12-14-16-18-20-22-24-26-28-30-32-33-34-35-36-37-38-39-40-41-42-43-44-45-46-48-50-52-54-56-58-60-62-64-66-68-70-76(80)77-74(73-84-85(81,82)83-72-71-78(3,4)5)75(79)69-67-65-63-61-59-57-55-53-51-49-47-31-29-27-25-23-21-19-17-15-13-11-9-7-2/h51,53,59,61,67,69,74-75,79H,6-50,52,54-58,60,62-66,68,70-73H2,1-5H3,(H-,77,80,81,82)/b53-51+,61-59+,69-67+. The van der Waals surface area contributed by atoms with Gasteiger partial charge >= 0.3 is 0 Å². The van der Waals surface area contributed by atoms with Gasteiger partial charge in [-0.15, -0.1) is 0 Å². The summed E-state index contributed by atoms with van der Waals surface area (Å²) >= 11 is 0. The number of hydrogen-bond donors (Lipinski definition) is 2. The number of nitrogens with zero attached hydrogens (tertiary/aromatic N) is 1. The Labute approximate surface area is 531 Å². The van der Waals surface area contributed by atoms with Crippen LogP contribution < -0.4 is 10.2 Å². The molecule has 504 valence electrons. The molecule has 0 bridgehead atoms. The fourth-order valence-corrected chi connectivity index (χ4v) is 12.4. The third kappa shape index (κ3) is 70.0. The molecule has 2 N–H and O–H groups in total. The Morgan fingerprint density at radius 3 is 0.953 bits per heavy atom. The minimum absolute atomic E-state index is 0.00705. The van der Waals surface area contributed by atoms with Crippen molar-refractivity contribution in [2.45, 2.75) is 405 Å². The quantitative estimate of drug-likeness (QED) is 0.0272. The van der Waals surface area contributed by atoms with Crippen molar-refractivity contribution in [3.63, 3.8) is 0 Å². The Balaban J connectivity index is 3.96. The van der Waals surface area contributed by atoms with E-state index in [1.165, 1.54) is 327 Å². The van der Waals surface area contributed by atoms with Crippen LogP contribution in [-0.2, 0) is 18.4 Å². The summed E-state index contributed by atoms with van der Waals surface area (Å²) in [6.45, 7) is 4.68. The Morgan fingerprint density at radius 2 is 0.659 bits per heavy atom. The third-order valence-corrected chi connectivity index (χ3v) is 18.5. The number of quaternary nitrogens is 1. The first-order valence-corrected chi connectivity index (χ1v) is 39.3. The second-order valence-electron chi connectivity index (χ2n) is 27.4. The third-order valence-electron chi connectivity index (χ3n) is 17.6. The molecule has 0 spiro atoms. The molecule has 0 radical (unpaired) electrons. The Kier molecular flexibility index (Phi) is 66.1. The van der Waals surface area contributed by atoms with Crippen molar-refractivity contribution in [3.05, 3.63) is 36.5 Å². The summed E-state index contributed by atoms with van der Waals surface area (Å²) in [7, 11) is 1.25. The van der Waals surface area contributed by atoms with E-state index in [0.29, 0.717) is 17.4 Å². The lowest BCUT2D eigenvalue weighted by molar-refractivity contribution is -0.870. The number of amides is 1. The van der Waals surface area contributed by atoms with Crippen LogP contribution in [0.15, 0.2) is 36.5 Å². The number of carbonyl (C=O) groups excluding carboxylic acids is 1. The van der Waals surface area contributed by atoms with E-state index in [1.54, 1.807) is 6.08 Å². The Morgan fingerprint density at radius 1 is 0.400 bits per heavy atom. The zero-order chi connectivity index (χ0) is 61.9. The lowest BCUT2D eigenvalue weighted by Crippen LogP contribution is -2.45. The number of phosphoric ester groups is 1. The number of rotatable bonds is 71. The monoisotopic (exact) mass is 1220 g/mol. The van der Waals surface area contributed by atoms with Gasteiger partial charge in [-0.05, 0) is 44.9 Å². The minimum atomic E-state index is -4.62. The minimum Gasteiger partial charge on any atom is -0.756 e. The van der Waals surface area contributed by atoms with Gasteiger partial charge in [-0.2, -0.15) is 0 Å². The van der Waals surface area contributed by atoms with E-state index in [2.05, 4.69) is 43.5 Å². The van der Waals surface area contributed by atoms with Gasteiger partial charge in [0.1, 0.15) is 13.2 Å². The Bertz CT molecular complexity index is 1480. The van der Waals surface area contributed by atoms with Crippen LogP contribution in [-0.4, -0.2) is 68.5 Å². The van der Waals surface area contributed by atoms with E-state index >= 15 is 0 Å². The normalized spacial score (nSPS) is 13.7. The first-order valence-electron chi connectivity index (χ1n) is 37.9. The number of aliphatic hydroxyl groups is 1. The molecule has 0 rings (SSSR count). The lowest BCUT2D eigenvalue weighted by Gasteiger charge is -2.29. The largest absolute Gasteiger partial charge is 0.756 e. The van der Waals surface area contributed by atoms with Crippen molar-refractivity contribution in [1.29, 1.82) is 0 Å². The van der Waals surface area contributed by atoms with Gasteiger partial charge in [0.05, 0.1) is 39.9 Å². The van der Waals surface area contributed by atoms with E-state index in [9.17, 15) is 19.4 Å². The van der Waals surface area contributed by atoms with Crippen molar-refractivity contribution in [2.24, 2.45) is 0 Å². The number of aliphatic hydroxyl groups excluding tert-OH is 1. The van der Waals surface area contributed by atoms with Crippen molar-refractivity contribution in [2.75, 3.05) is 40.9 Å². The summed E-state index contributed by atoms with van der Waals surface area (Å²) in [6.07, 6.45) is 90.3. The van der Waals surface area contributed by atoms with Crippen molar-refractivity contribution in [1.82, 2.24) is 5.32 Å². The van der Waals surface area contributed by atoms with Gasteiger partial charge in [0.25, 0.3) is 7.82 Å². The van der Waals surface area contributed by atoms with Crippen LogP contribution in [0.4, 0.5) is 0 Å². The first kappa shape index (κ1) is 83.7. The van der Waals surface area contributed by atoms with Crippen LogP contribution in [0.5, 0.6) is 0 Å². The van der Waals surface area contributed by atoms with Gasteiger partial charge in [0.15, 0.2) is 0 Å². The maximum atomic E-state index is 13.0. The number of carbonyl (C=O) groups is 1. The molecular weight excluding hydrogens is 1070 g/mol. The summed E-state index contributed by atoms with van der Waals surface area (Å²) in [5.74, 6) is -0.203. The molecule has 9 heteroatoms. The molecule has 0 heterocycles. The number of allylic oxidation sites excluding steroid dienone is 5. The van der Waals surface area contributed by atoms with E-state index < -0.39 is 26.6 Å². The van der Waals surface area contributed by atoms with Crippen LogP contribution in [0.25, 0.3) is 0 Å². The summed E-state index contributed by atoms with van der Waals surface area (Å²) in [4.78, 5) is 25.6. The first-order chi connectivity index (χ1) is 41.5. The molecule has 0 saturated carbocycles. The number of phosphoric acid groups is 1. The zero-order valence-corrected chi connectivity index (χ0v) is 58.7. The topological polar surface area (TPSA) is 108 Å². The van der Waals surface area contributed by atoms with Gasteiger partial charge < -0.3 is 28.8 Å². The average Bonchev–Trinajstić information content (AvgIpc) is 3.49. The molecule has 8 nitrogen and oxygen atoms in total. The second kappa shape index (κ2) is 67.1. The number of unbranched alkanes of at least 4 members (excludes halogenated alkanes) is 54. The predicted molar refractivity (Wildman–Crippen MR) is 372 cm³/mol. The number of nitrogens with one attached hydrogen (secondary N) is 1. The van der Waals surface area contributed by atoms with Gasteiger partial charge in [-0.3, -0.25) is 9.36 Å². The molecule has 0 saturated heterocycles. The molecular formula is C76H149N2O6P. The molecule has 85 heavy (non-hydrogen) atoms. The second-order valence-corrected chi connectivity index (χ2v) is 28.8. The van der Waals surface area contributed by atoms with E-state index in [0.717, 1.165) is 44.9 Å². The Hall–Kier alpha value is -1.28. The van der Waals surface area contributed by atoms with Gasteiger partial charge in [0.2, 0.25) is 5.91 Å². The molecule has 0 aromatic carbocycles. The van der Waals surface area contributed by atoms with Crippen LogP contribution in [0.2, 0.25) is 0 Å². The summed E-state index contributed by atoms with van der Waals surface area (Å²) in [6, 6.07) is -0.910. The van der Waals surface area contributed by atoms with E-state index in [1.807, 2.05) is 27.2 Å². The molecule has 3 atom stereocenters. The molecule has 0 aromatic heterocycles. The molecule has 0 aromatic rings. The maximum absolute atomic E-state index is 13.0. The summed E-state index contributed by atoms with van der Waals surface area (Å²) in [5.41, 5.74) is 0. The summed E-state index contributed by atoms with van der Waals surface area (Å²) in [5, 5.41) is 13.9. The van der Waals surface area contributed by atoms with Gasteiger partial charge in [-0.25, -0.2) is 0 Å². The van der Waals surface area contributed by atoms with Gasteiger partial charge in [-0.1, -0.05) is 378 Å². The molecule has 0 aliphatic heterocycles. The van der Waals surface area contributed by atoms with Crippen molar-refractivity contribution < 1.29 is 32.9 Å². The highest BCUT2D eigenvalue weighted by atomic mass is 31.2. The van der Waals surface area contributed by atoms with Crippen molar-refractivity contribution in [3.8, 4) is 0 Å². The highest BCUT2D eigenvalue weighted by Gasteiger charge is 2.23. The summed E-state index contributed by atoms with van der Waals surface area (Å²) < 4.78 is 23.4. The zero-order valence-electron chi connectivity index (χ0n) is 57.8. The average molecular weight is 1220 g/mol. The smallest absolute Gasteiger partial charge is 0.268 e. The molecule has 1 amide bonds. The number of likely N-dealkylation sites (N-methyl/N-ethyl adjacent to an activating group) is 1.